The van der Waals surface area contributed by atoms with Crippen LogP contribution in [0.2, 0.25) is 0 Å². The largest absolute Gasteiger partial charge is 0.347 e. The van der Waals surface area contributed by atoms with E-state index in [1.54, 1.807) is 35.7 Å². The molecule has 8 heteroatoms. The number of nitrogens with one attached hydrogen (secondary N) is 1. The molecule has 0 atom stereocenters. The minimum absolute atomic E-state index is 0.143. The van der Waals surface area contributed by atoms with Crippen LogP contribution in [0.4, 0.5) is 0 Å². The highest BCUT2D eigenvalue weighted by atomic mass is 32.1. The number of rotatable bonds is 4. The molecule has 21 heavy (non-hydrogen) atoms. The van der Waals surface area contributed by atoms with Crippen LogP contribution >= 0.6 is 11.3 Å². The van der Waals surface area contributed by atoms with E-state index in [1.807, 2.05) is 13.0 Å². The maximum Gasteiger partial charge on any atom is 0.251 e. The average molecular weight is 300 g/mol. The number of tetrazole rings is 1. The molecule has 1 aromatic carbocycles. The number of hydrogen-bond acceptors (Lipinski definition) is 6. The number of thiazole rings is 1. The number of aryl methyl sites for hydroxylation is 1. The Morgan fingerprint density at radius 2 is 2.33 bits per heavy atom. The molecule has 2 aromatic heterocycles. The summed E-state index contributed by atoms with van der Waals surface area (Å²) >= 11 is 1.57. The normalized spacial score (nSPS) is 10.5. The zero-order valence-corrected chi connectivity index (χ0v) is 12.0. The van der Waals surface area contributed by atoms with Gasteiger partial charge >= 0.3 is 0 Å². The Hall–Kier alpha value is -2.61. The van der Waals surface area contributed by atoms with Gasteiger partial charge in [-0.3, -0.25) is 4.79 Å². The van der Waals surface area contributed by atoms with E-state index in [0.29, 0.717) is 12.1 Å². The molecular formula is C13H12N6OS. The molecule has 0 saturated heterocycles. The second-order valence-electron chi connectivity index (χ2n) is 4.33. The summed E-state index contributed by atoms with van der Waals surface area (Å²) in [5.41, 5.74) is 1.30. The van der Waals surface area contributed by atoms with Crippen LogP contribution in [0.1, 0.15) is 20.2 Å². The van der Waals surface area contributed by atoms with Crippen molar-refractivity contribution in [2.75, 3.05) is 0 Å². The monoisotopic (exact) mass is 300 g/mol. The van der Waals surface area contributed by atoms with Gasteiger partial charge in [-0.1, -0.05) is 6.07 Å². The Morgan fingerprint density at radius 1 is 1.43 bits per heavy atom. The third-order valence-corrected chi connectivity index (χ3v) is 3.73. The van der Waals surface area contributed by atoms with Crippen LogP contribution in [0.25, 0.3) is 5.69 Å². The Kier molecular flexibility index (Phi) is 3.69. The van der Waals surface area contributed by atoms with Crippen molar-refractivity contribution < 1.29 is 4.79 Å². The smallest absolute Gasteiger partial charge is 0.251 e. The summed E-state index contributed by atoms with van der Waals surface area (Å²) in [6, 6.07) is 7.12. The Balaban J connectivity index is 1.71. The summed E-state index contributed by atoms with van der Waals surface area (Å²) in [6.07, 6.45) is 3.26. The first-order chi connectivity index (χ1) is 10.2. The second-order valence-corrected chi connectivity index (χ2v) is 5.65. The van der Waals surface area contributed by atoms with E-state index >= 15 is 0 Å². The molecule has 2 heterocycles. The maximum absolute atomic E-state index is 12.2. The van der Waals surface area contributed by atoms with Crippen LogP contribution in [0, 0.1) is 6.92 Å². The van der Waals surface area contributed by atoms with Crippen molar-refractivity contribution in [3.63, 3.8) is 0 Å². The van der Waals surface area contributed by atoms with Gasteiger partial charge in [-0.2, -0.15) is 0 Å². The topological polar surface area (TPSA) is 85.6 Å². The van der Waals surface area contributed by atoms with E-state index in [4.69, 9.17) is 0 Å². The van der Waals surface area contributed by atoms with Crippen LogP contribution in [0.5, 0.6) is 0 Å². The number of aromatic nitrogens is 5. The summed E-state index contributed by atoms with van der Waals surface area (Å²) in [5.74, 6) is -0.143. The maximum atomic E-state index is 12.2. The predicted molar refractivity (Wildman–Crippen MR) is 77.2 cm³/mol. The summed E-state index contributed by atoms with van der Waals surface area (Å²) < 4.78 is 1.50. The van der Waals surface area contributed by atoms with Crippen molar-refractivity contribution in [1.82, 2.24) is 30.5 Å². The first-order valence-corrected chi connectivity index (χ1v) is 7.07. The number of benzene rings is 1. The lowest BCUT2D eigenvalue weighted by molar-refractivity contribution is 0.0951. The van der Waals surface area contributed by atoms with Gasteiger partial charge in [-0.25, -0.2) is 9.67 Å². The quantitative estimate of drug-likeness (QED) is 0.786. The minimum Gasteiger partial charge on any atom is -0.347 e. The van der Waals surface area contributed by atoms with Gasteiger partial charge in [0.15, 0.2) is 0 Å². The van der Waals surface area contributed by atoms with Gasteiger partial charge in [0.2, 0.25) is 0 Å². The molecule has 0 fully saturated rings. The molecule has 0 bridgehead atoms. The summed E-state index contributed by atoms with van der Waals surface area (Å²) in [5, 5.41) is 14.8. The average Bonchev–Trinajstić information content (AvgIpc) is 3.16. The van der Waals surface area contributed by atoms with Gasteiger partial charge in [-0.15, -0.1) is 16.4 Å². The highest BCUT2D eigenvalue weighted by Gasteiger charge is 2.08. The fourth-order valence-corrected chi connectivity index (χ4v) is 2.56. The number of carbonyl (C=O) groups excluding carboxylic acids is 1. The van der Waals surface area contributed by atoms with E-state index in [9.17, 15) is 4.79 Å². The lowest BCUT2D eigenvalue weighted by Crippen LogP contribution is -2.22. The van der Waals surface area contributed by atoms with Crippen LogP contribution in [0.3, 0.4) is 0 Å². The molecule has 1 N–H and O–H groups in total. The fourth-order valence-electron chi connectivity index (χ4n) is 1.83. The number of amides is 1. The van der Waals surface area contributed by atoms with Gasteiger partial charge in [0.25, 0.3) is 5.91 Å². The van der Waals surface area contributed by atoms with Gasteiger partial charge < -0.3 is 5.32 Å². The highest BCUT2D eigenvalue weighted by molar-refractivity contribution is 7.11. The Labute approximate surface area is 124 Å². The van der Waals surface area contributed by atoms with E-state index in [1.165, 1.54) is 11.0 Å². The molecule has 0 radical (unpaired) electrons. The highest BCUT2D eigenvalue weighted by Crippen LogP contribution is 2.12. The molecule has 0 saturated carbocycles. The molecule has 3 aromatic rings. The second kappa shape index (κ2) is 5.80. The predicted octanol–water partition coefficient (Wildman–Crippen LogP) is 1.36. The van der Waals surface area contributed by atoms with Crippen molar-refractivity contribution in [1.29, 1.82) is 0 Å². The third-order valence-electron chi connectivity index (χ3n) is 2.81. The van der Waals surface area contributed by atoms with Gasteiger partial charge in [-0.05, 0) is 35.5 Å². The third kappa shape index (κ3) is 3.11. The van der Waals surface area contributed by atoms with Gasteiger partial charge in [0.1, 0.15) is 6.33 Å². The number of carbonyl (C=O) groups is 1. The van der Waals surface area contributed by atoms with Crippen LogP contribution in [0.15, 0.2) is 36.8 Å². The van der Waals surface area contributed by atoms with E-state index < -0.39 is 0 Å². The summed E-state index contributed by atoms with van der Waals surface area (Å²) in [7, 11) is 0. The Bertz CT molecular complexity index is 752. The van der Waals surface area contributed by atoms with Gasteiger partial charge in [0, 0.05) is 16.6 Å². The first kappa shape index (κ1) is 13.4. The number of nitrogens with zero attached hydrogens (tertiary/aromatic N) is 5. The fraction of sp³-hybridized carbons (Fsp3) is 0.154. The lowest BCUT2D eigenvalue weighted by Gasteiger charge is -2.05. The van der Waals surface area contributed by atoms with Crippen molar-refractivity contribution >= 4 is 17.2 Å². The molecule has 0 unspecified atom stereocenters. The summed E-state index contributed by atoms with van der Waals surface area (Å²) in [6.45, 7) is 2.41. The summed E-state index contributed by atoms with van der Waals surface area (Å²) in [4.78, 5) is 17.3. The van der Waals surface area contributed by atoms with Crippen molar-refractivity contribution in [3.05, 3.63) is 52.2 Å². The van der Waals surface area contributed by atoms with Crippen molar-refractivity contribution in [2.24, 2.45) is 0 Å². The lowest BCUT2D eigenvalue weighted by atomic mass is 10.2. The molecule has 0 spiro atoms. The zero-order chi connectivity index (χ0) is 14.7. The molecule has 7 nitrogen and oxygen atoms in total. The molecule has 3 rings (SSSR count). The first-order valence-electron chi connectivity index (χ1n) is 6.25. The van der Waals surface area contributed by atoms with Crippen molar-refractivity contribution in [2.45, 2.75) is 13.5 Å². The Morgan fingerprint density at radius 3 is 3.05 bits per heavy atom. The van der Waals surface area contributed by atoms with Crippen LogP contribution in [-0.4, -0.2) is 31.1 Å². The zero-order valence-electron chi connectivity index (χ0n) is 11.2. The molecule has 1 amide bonds. The molecular weight excluding hydrogens is 288 g/mol. The molecule has 0 aliphatic rings. The van der Waals surface area contributed by atoms with E-state index in [-0.39, 0.29) is 5.91 Å². The SMILES string of the molecule is Cc1ncc(CNC(=O)c2cccc(-n3cnnn3)c2)s1. The standard InChI is InChI=1S/C13H12N6OS/c1-9-14-6-12(21-9)7-15-13(20)10-3-2-4-11(5-10)19-8-16-17-18-19/h2-6,8H,7H2,1H3,(H,15,20). The molecule has 0 aliphatic heterocycles. The molecule has 0 aliphatic carbocycles. The van der Waals surface area contributed by atoms with E-state index in [0.717, 1.165) is 15.6 Å². The molecule has 106 valence electrons. The van der Waals surface area contributed by atoms with E-state index in [2.05, 4.69) is 25.8 Å². The number of hydrogen-bond donors (Lipinski definition) is 1. The minimum atomic E-state index is -0.143. The van der Waals surface area contributed by atoms with Gasteiger partial charge in [0.05, 0.1) is 17.2 Å². The van der Waals surface area contributed by atoms with Crippen LogP contribution in [-0.2, 0) is 6.54 Å². The van der Waals surface area contributed by atoms with Crippen molar-refractivity contribution in [3.8, 4) is 5.69 Å². The van der Waals surface area contributed by atoms with Crippen LogP contribution < -0.4 is 5.32 Å².